The average Bonchev–Trinajstić information content (AvgIpc) is 2.36. The number of rotatable bonds is 5. The van der Waals surface area contributed by atoms with Gasteiger partial charge in [-0.3, -0.25) is 0 Å². The van der Waals surface area contributed by atoms with Crippen molar-refractivity contribution in [1.29, 1.82) is 5.26 Å². The van der Waals surface area contributed by atoms with Gasteiger partial charge in [0.05, 0.1) is 11.6 Å². The molecule has 0 fully saturated rings. The third-order valence-electron chi connectivity index (χ3n) is 2.22. The zero-order valence-electron chi connectivity index (χ0n) is 9.67. The highest BCUT2D eigenvalue weighted by molar-refractivity contribution is 9.10. The summed E-state index contributed by atoms with van der Waals surface area (Å²) >= 11 is 6.82. The molecule has 0 amide bonds. The van der Waals surface area contributed by atoms with Crippen molar-refractivity contribution >= 4 is 31.9 Å². The Hall–Kier alpha value is -0.730. The molecule has 0 aliphatic carbocycles. The van der Waals surface area contributed by atoms with E-state index in [1.807, 2.05) is 19.1 Å². The highest BCUT2D eigenvalue weighted by Crippen LogP contribution is 2.38. The van der Waals surface area contributed by atoms with Gasteiger partial charge in [0.25, 0.3) is 0 Å². The van der Waals surface area contributed by atoms with Crippen molar-refractivity contribution in [2.75, 3.05) is 7.11 Å². The molecule has 0 aliphatic heterocycles. The van der Waals surface area contributed by atoms with Gasteiger partial charge in [0.15, 0.2) is 17.6 Å². The highest BCUT2D eigenvalue weighted by Gasteiger charge is 2.15. The zero-order valence-corrected chi connectivity index (χ0v) is 12.8. The molecule has 0 saturated heterocycles. The van der Waals surface area contributed by atoms with Gasteiger partial charge in [0.2, 0.25) is 0 Å². The van der Waals surface area contributed by atoms with Crippen LogP contribution in [0.4, 0.5) is 0 Å². The summed E-state index contributed by atoms with van der Waals surface area (Å²) in [6.07, 6.45) is 0.168. The van der Waals surface area contributed by atoms with Gasteiger partial charge in [0.1, 0.15) is 6.07 Å². The van der Waals surface area contributed by atoms with Crippen LogP contribution in [0.15, 0.2) is 16.6 Å². The Bertz CT molecular complexity index is 429. The average molecular weight is 363 g/mol. The minimum atomic E-state index is -0.463. The summed E-state index contributed by atoms with van der Waals surface area (Å²) in [7, 11) is 1.58. The van der Waals surface area contributed by atoms with Crippen molar-refractivity contribution in [1.82, 2.24) is 0 Å². The van der Waals surface area contributed by atoms with E-state index in [0.29, 0.717) is 17.9 Å². The van der Waals surface area contributed by atoms with E-state index in [4.69, 9.17) is 14.7 Å². The molecule has 0 heterocycles. The molecule has 0 bridgehead atoms. The van der Waals surface area contributed by atoms with Crippen LogP contribution in [0, 0.1) is 11.3 Å². The summed E-state index contributed by atoms with van der Waals surface area (Å²) in [6, 6.07) is 5.93. The SMILES string of the molecule is CCC(C#N)Oc1c(Br)cc(CBr)cc1OC. The van der Waals surface area contributed by atoms with Crippen molar-refractivity contribution < 1.29 is 9.47 Å². The number of alkyl halides is 1. The molecule has 0 radical (unpaired) electrons. The van der Waals surface area contributed by atoms with Crippen molar-refractivity contribution in [3.63, 3.8) is 0 Å². The van der Waals surface area contributed by atoms with Gasteiger partial charge in [-0.2, -0.15) is 5.26 Å². The highest BCUT2D eigenvalue weighted by atomic mass is 79.9. The smallest absolute Gasteiger partial charge is 0.184 e. The number of hydrogen-bond donors (Lipinski definition) is 0. The Morgan fingerprint density at radius 2 is 2.18 bits per heavy atom. The van der Waals surface area contributed by atoms with Crippen LogP contribution in [0.1, 0.15) is 18.9 Å². The van der Waals surface area contributed by atoms with E-state index in [2.05, 4.69) is 37.9 Å². The molecule has 92 valence electrons. The zero-order chi connectivity index (χ0) is 12.8. The van der Waals surface area contributed by atoms with Crippen molar-refractivity contribution in [3.8, 4) is 17.6 Å². The fourth-order valence-corrected chi connectivity index (χ4v) is 2.21. The predicted molar refractivity (Wildman–Crippen MR) is 73.6 cm³/mol. The molecule has 3 nitrogen and oxygen atoms in total. The van der Waals surface area contributed by atoms with Crippen LogP contribution >= 0.6 is 31.9 Å². The number of hydrogen-bond acceptors (Lipinski definition) is 3. The number of benzene rings is 1. The maximum Gasteiger partial charge on any atom is 0.184 e. The van der Waals surface area contributed by atoms with E-state index < -0.39 is 6.10 Å². The second kappa shape index (κ2) is 6.87. The molecule has 0 aliphatic rings. The lowest BCUT2D eigenvalue weighted by Crippen LogP contribution is -2.13. The van der Waals surface area contributed by atoms with Gasteiger partial charge in [0, 0.05) is 5.33 Å². The van der Waals surface area contributed by atoms with E-state index in [1.165, 1.54) is 0 Å². The fourth-order valence-electron chi connectivity index (χ4n) is 1.31. The molecule has 1 atom stereocenters. The molecule has 5 heteroatoms. The van der Waals surface area contributed by atoms with Crippen LogP contribution in [0.5, 0.6) is 11.5 Å². The molecule has 1 aromatic rings. The molecular weight excluding hydrogens is 350 g/mol. The summed E-state index contributed by atoms with van der Waals surface area (Å²) in [5.41, 5.74) is 1.08. The van der Waals surface area contributed by atoms with Gasteiger partial charge in [-0.1, -0.05) is 22.9 Å². The van der Waals surface area contributed by atoms with Crippen LogP contribution in [-0.4, -0.2) is 13.2 Å². The summed E-state index contributed by atoms with van der Waals surface area (Å²) < 4.78 is 11.7. The van der Waals surface area contributed by atoms with E-state index >= 15 is 0 Å². The van der Waals surface area contributed by atoms with Crippen molar-refractivity contribution in [2.24, 2.45) is 0 Å². The molecule has 0 spiro atoms. The van der Waals surface area contributed by atoms with Crippen LogP contribution in [-0.2, 0) is 5.33 Å². The van der Waals surface area contributed by atoms with Crippen molar-refractivity contribution in [2.45, 2.75) is 24.8 Å². The number of ether oxygens (including phenoxy) is 2. The third-order valence-corrected chi connectivity index (χ3v) is 3.45. The first-order valence-electron chi connectivity index (χ1n) is 5.14. The van der Waals surface area contributed by atoms with Gasteiger partial charge < -0.3 is 9.47 Å². The summed E-state index contributed by atoms with van der Waals surface area (Å²) in [5.74, 6) is 1.20. The van der Waals surface area contributed by atoms with Crippen LogP contribution < -0.4 is 9.47 Å². The number of halogens is 2. The Morgan fingerprint density at radius 3 is 2.65 bits per heavy atom. The lowest BCUT2D eigenvalue weighted by atomic mass is 10.2. The lowest BCUT2D eigenvalue weighted by molar-refractivity contribution is 0.237. The lowest BCUT2D eigenvalue weighted by Gasteiger charge is -2.16. The molecule has 0 aromatic heterocycles. The molecular formula is C12H13Br2NO2. The molecule has 0 saturated carbocycles. The third kappa shape index (κ3) is 3.62. The molecule has 0 N–H and O–H groups in total. The van der Waals surface area contributed by atoms with E-state index in [1.54, 1.807) is 7.11 Å². The largest absolute Gasteiger partial charge is 0.493 e. The van der Waals surface area contributed by atoms with E-state index in [0.717, 1.165) is 15.4 Å². The first kappa shape index (κ1) is 14.3. The summed E-state index contributed by atoms with van der Waals surface area (Å²) in [6.45, 7) is 1.90. The number of nitrogens with zero attached hydrogens (tertiary/aromatic N) is 1. The van der Waals surface area contributed by atoms with E-state index in [-0.39, 0.29) is 0 Å². The fraction of sp³-hybridized carbons (Fsp3) is 0.417. The molecule has 1 rings (SSSR count). The van der Waals surface area contributed by atoms with Gasteiger partial charge in [-0.25, -0.2) is 0 Å². The van der Waals surface area contributed by atoms with Gasteiger partial charge in [-0.05, 0) is 40.0 Å². The van der Waals surface area contributed by atoms with Crippen LogP contribution in [0.3, 0.4) is 0 Å². The quantitative estimate of drug-likeness (QED) is 0.742. The Balaban J connectivity index is 3.10. The second-order valence-corrected chi connectivity index (χ2v) is 4.80. The first-order chi connectivity index (χ1) is 8.15. The Kier molecular flexibility index (Phi) is 5.79. The van der Waals surface area contributed by atoms with Crippen LogP contribution in [0.25, 0.3) is 0 Å². The number of methoxy groups -OCH3 is 1. The normalized spacial score (nSPS) is 11.7. The minimum Gasteiger partial charge on any atom is -0.493 e. The maximum atomic E-state index is 8.90. The Morgan fingerprint density at radius 1 is 1.47 bits per heavy atom. The number of nitriles is 1. The molecule has 17 heavy (non-hydrogen) atoms. The predicted octanol–water partition coefficient (Wildman–Crippen LogP) is 4.03. The minimum absolute atomic E-state index is 0.463. The van der Waals surface area contributed by atoms with E-state index in [9.17, 15) is 0 Å². The van der Waals surface area contributed by atoms with Crippen LogP contribution in [0.2, 0.25) is 0 Å². The first-order valence-corrected chi connectivity index (χ1v) is 7.06. The summed E-state index contributed by atoms with van der Waals surface area (Å²) in [5, 5.41) is 9.64. The standard InChI is InChI=1S/C12H13Br2NO2/c1-3-9(7-15)17-12-10(14)4-8(6-13)5-11(12)16-2/h4-5,9H,3,6H2,1-2H3. The Labute approximate surface area is 118 Å². The van der Waals surface area contributed by atoms with Gasteiger partial charge in [-0.15, -0.1) is 0 Å². The molecule has 1 aromatic carbocycles. The monoisotopic (exact) mass is 361 g/mol. The topological polar surface area (TPSA) is 42.2 Å². The van der Waals surface area contributed by atoms with Gasteiger partial charge >= 0.3 is 0 Å². The van der Waals surface area contributed by atoms with Crippen molar-refractivity contribution in [3.05, 3.63) is 22.2 Å². The summed E-state index contributed by atoms with van der Waals surface area (Å²) in [4.78, 5) is 0. The molecule has 1 unspecified atom stereocenters. The second-order valence-electron chi connectivity index (χ2n) is 3.39. The maximum absolute atomic E-state index is 8.90.